The number of ketones is 1. The van der Waals surface area contributed by atoms with Gasteiger partial charge in [0.25, 0.3) is 10.2 Å². The minimum Gasteiger partial charge on any atom is -0.379 e. The second-order valence-electron chi connectivity index (χ2n) is 3.92. The first-order valence-corrected chi connectivity index (χ1v) is 5.51. The van der Waals surface area contributed by atoms with E-state index in [9.17, 15) is 25.0 Å². The number of ether oxygens (including phenoxy) is 1. The Morgan fingerprint density at radius 2 is 1.79 bits per heavy atom. The van der Waals surface area contributed by atoms with Crippen molar-refractivity contribution in [1.82, 2.24) is 0 Å². The zero-order chi connectivity index (χ0) is 14.8. The summed E-state index contributed by atoms with van der Waals surface area (Å²) in [6.45, 7) is 2.65. The van der Waals surface area contributed by atoms with Crippen LogP contribution in [0.5, 0.6) is 0 Å². The van der Waals surface area contributed by atoms with Crippen LogP contribution in [0.1, 0.15) is 20.3 Å². The van der Waals surface area contributed by atoms with E-state index in [-0.39, 0.29) is 31.3 Å². The molecule has 10 heteroatoms. The van der Waals surface area contributed by atoms with Gasteiger partial charge in [-0.05, 0) is 0 Å². The fourth-order valence-electron chi connectivity index (χ4n) is 1.05. The molecule has 0 aliphatic carbocycles. The lowest BCUT2D eigenvalue weighted by molar-refractivity contribution is -0.790. The lowest BCUT2D eigenvalue weighted by atomic mass is 10.1. The Balaban J connectivity index is 3.94. The van der Waals surface area contributed by atoms with E-state index in [1.54, 1.807) is 13.8 Å². The van der Waals surface area contributed by atoms with Gasteiger partial charge in [0.1, 0.15) is 12.4 Å². The van der Waals surface area contributed by atoms with Crippen molar-refractivity contribution in [1.29, 1.82) is 0 Å². The van der Waals surface area contributed by atoms with Crippen molar-refractivity contribution in [2.24, 2.45) is 5.92 Å². The molecule has 0 saturated heterocycles. The molecule has 0 spiro atoms. The van der Waals surface area contributed by atoms with E-state index >= 15 is 0 Å². The summed E-state index contributed by atoms with van der Waals surface area (Å²) >= 11 is 0. The number of Topliss-reactive ketones (excluding diaryl/α,β-unsaturated/α-hetero) is 1. The Morgan fingerprint density at radius 1 is 1.16 bits per heavy atom. The topological polar surface area (TPSA) is 131 Å². The summed E-state index contributed by atoms with van der Waals surface area (Å²) in [5.41, 5.74) is 0. The van der Waals surface area contributed by atoms with Crippen molar-refractivity contribution in [2.75, 3.05) is 19.8 Å². The van der Waals surface area contributed by atoms with E-state index in [4.69, 9.17) is 4.74 Å². The number of carbonyl (C=O) groups excluding carboxylic acids is 1. The number of hydrogen-bond donors (Lipinski definition) is 0. The third-order valence-corrected chi connectivity index (χ3v) is 2.04. The largest absolute Gasteiger partial charge is 0.379 e. The van der Waals surface area contributed by atoms with Gasteiger partial charge in [0.05, 0.1) is 13.2 Å². The first-order chi connectivity index (χ1) is 8.82. The van der Waals surface area contributed by atoms with Gasteiger partial charge in [0.15, 0.2) is 6.10 Å². The molecule has 0 amide bonds. The van der Waals surface area contributed by atoms with Gasteiger partial charge in [-0.2, -0.15) is 0 Å². The predicted molar refractivity (Wildman–Crippen MR) is 60.1 cm³/mol. The molecule has 0 aromatic rings. The highest BCUT2D eigenvalue weighted by atomic mass is 17.0. The molecule has 10 nitrogen and oxygen atoms in total. The number of hydrogen-bond acceptors (Lipinski definition) is 8. The quantitative estimate of drug-likeness (QED) is 0.302. The Kier molecular flexibility index (Phi) is 8.09. The SMILES string of the molecule is CC(C)C(=O)CCOC[C@@H](CO[N+](=O)[O-])O[N+](=O)[O-]. The Morgan fingerprint density at radius 3 is 2.26 bits per heavy atom. The average Bonchev–Trinajstić information content (AvgIpc) is 2.29. The lowest BCUT2D eigenvalue weighted by Crippen LogP contribution is -2.29. The summed E-state index contributed by atoms with van der Waals surface area (Å²) in [5.74, 6) is -0.125. The third-order valence-electron chi connectivity index (χ3n) is 2.04. The maximum absolute atomic E-state index is 11.2. The molecule has 0 fully saturated rings. The zero-order valence-corrected chi connectivity index (χ0v) is 10.6. The summed E-state index contributed by atoms with van der Waals surface area (Å²) in [6, 6.07) is 0. The summed E-state index contributed by atoms with van der Waals surface area (Å²) in [4.78, 5) is 39.4. The molecule has 0 radical (unpaired) electrons. The van der Waals surface area contributed by atoms with Crippen LogP contribution >= 0.6 is 0 Å². The summed E-state index contributed by atoms with van der Waals surface area (Å²) in [6.07, 6.45) is -1.05. The number of nitrogens with zero attached hydrogens (tertiary/aromatic N) is 2. The third kappa shape index (κ3) is 9.71. The van der Waals surface area contributed by atoms with Crippen molar-refractivity contribution < 1.29 is 29.4 Å². The maximum atomic E-state index is 11.2. The highest BCUT2D eigenvalue weighted by Crippen LogP contribution is 2.01. The van der Waals surface area contributed by atoms with Gasteiger partial charge >= 0.3 is 0 Å². The molecule has 0 rings (SSSR count). The minimum atomic E-state index is -1.21. The van der Waals surface area contributed by atoms with Gasteiger partial charge in [-0.1, -0.05) is 13.8 Å². The summed E-state index contributed by atoms with van der Waals surface area (Å²) in [5, 5.41) is 17.9. The van der Waals surface area contributed by atoms with Gasteiger partial charge in [-0.25, -0.2) is 0 Å². The molecule has 0 aliphatic rings. The molecule has 0 unspecified atom stereocenters. The van der Waals surface area contributed by atoms with E-state index in [1.807, 2.05) is 0 Å². The molecule has 0 heterocycles. The maximum Gasteiger partial charge on any atom is 0.294 e. The van der Waals surface area contributed by atoms with Crippen molar-refractivity contribution in [3.8, 4) is 0 Å². The molecule has 0 aromatic heterocycles. The molecule has 0 aromatic carbocycles. The van der Waals surface area contributed by atoms with Crippen LogP contribution in [0.4, 0.5) is 0 Å². The molecule has 0 saturated carbocycles. The van der Waals surface area contributed by atoms with Crippen molar-refractivity contribution in [2.45, 2.75) is 26.4 Å². The van der Waals surface area contributed by atoms with Crippen LogP contribution in [0.25, 0.3) is 0 Å². The molecule has 0 aliphatic heterocycles. The van der Waals surface area contributed by atoms with Crippen LogP contribution in [0.2, 0.25) is 0 Å². The van der Waals surface area contributed by atoms with Crippen LogP contribution in [-0.4, -0.2) is 41.9 Å². The molecular weight excluding hydrogens is 264 g/mol. The van der Waals surface area contributed by atoms with Gasteiger partial charge in [0, 0.05) is 12.3 Å². The number of rotatable bonds is 11. The molecule has 0 N–H and O–H groups in total. The van der Waals surface area contributed by atoms with Crippen LogP contribution < -0.4 is 0 Å². The predicted octanol–water partition coefficient (Wildman–Crippen LogP) is 0.403. The van der Waals surface area contributed by atoms with Gasteiger partial charge < -0.3 is 14.4 Å². The van der Waals surface area contributed by atoms with E-state index in [0.717, 1.165) is 0 Å². The second kappa shape index (κ2) is 9.03. The molecule has 0 bridgehead atoms. The first-order valence-electron chi connectivity index (χ1n) is 5.51. The second-order valence-corrected chi connectivity index (χ2v) is 3.92. The van der Waals surface area contributed by atoms with Crippen LogP contribution in [-0.2, 0) is 19.2 Å². The fraction of sp³-hybridized carbons (Fsp3) is 0.889. The molecule has 19 heavy (non-hydrogen) atoms. The van der Waals surface area contributed by atoms with Gasteiger partial charge in [-0.15, -0.1) is 20.2 Å². The van der Waals surface area contributed by atoms with E-state index in [1.165, 1.54) is 0 Å². The van der Waals surface area contributed by atoms with Crippen molar-refractivity contribution >= 4 is 5.78 Å². The molecule has 110 valence electrons. The van der Waals surface area contributed by atoms with Gasteiger partial charge in [0.2, 0.25) is 0 Å². The Labute approximate surface area is 108 Å². The van der Waals surface area contributed by atoms with E-state index in [0.29, 0.717) is 0 Å². The summed E-state index contributed by atoms with van der Waals surface area (Å²) < 4.78 is 5.00. The Hall–Kier alpha value is -1.97. The van der Waals surface area contributed by atoms with E-state index in [2.05, 4.69) is 9.68 Å². The van der Waals surface area contributed by atoms with Crippen molar-refractivity contribution in [3.63, 3.8) is 0 Å². The first kappa shape index (κ1) is 17.0. The zero-order valence-electron chi connectivity index (χ0n) is 10.6. The van der Waals surface area contributed by atoms with Crippen LogP contribution in [0.15, 0.2) is 0 Å². The van der Waals surface area contributed by atoms with Crippen LogP contribution in [0.3, 0.4) is 0 Å². The Bertz CT molecular complexity index is 319. The minimum absolute atomic E-state index is 0.00622. The number of carbonyl (C=O) groups is 1. The standard InChI is InChI=1S/C9H16N2O8/c1-7(2)9(12)3-4-17-5-8(19-11(15)16)6-18-10(13)14/h7-8H,3-6H2,1-2H3/t8-/m0/s1. The van der Waals surface area contributed by atoms with Crippen molar-refractivity contribution in [3.05, 3.63) is 20.2 Å². The van der Waals surface area contributed by atoms with E-state index < -0.39 is 22.9 Å². The average molecular weight is 280 g/mol. The smallest absolute Gasteiger partial charge is 0.294 e. The molecule has 1 atom stereocenters. The highest BCUT2D eigenvalue weighted by Gasteiger charge is 2.16. The monoisotopic (exact) mass is 280 g/mol. The fourth-order valence-corrected chi connectivity index (χ4v) is 1.05. The normalized spacial score (nSPS) is 11.9. The molecular formula is C9H16N2O8. The van der Waals surface area contributed by atoms with Gasteiger partial charge in [-0.3, -0.25) is 4.79 Å². The summed E-state index contributed by atoms with van der Waals surface area (Å²) in [7, 11) is 0. The highest BCUT2D eigenvalue weighted by molar-refractivity contribution is 5.80. The lowest BCUT2D eigenvalue weighted by Gasteiger charge is -2.13. The van der Waals surface area contributed by atoms with Crippen LogP contribution in [0, 0.1) is 26.1 Å².